The second kappa shape index (κ2) is 44.5. The van der Waals surface area contributed by atoms with E-state index in [1.165, 1.54) is 193 Å². The number of aliphatic hydroxyl groups is 3. The van der Waals surface area contributed by atoms with Gasteiger partial charge in [0.1, 0.15) is 0 Å². The summed E-state index contributed by atoms with van der Waals surface area (Å²) in [5, 5.41) is 34.1. The van der Waals surface area contributed by atoms with E-state index in [0.717, 1.165) is 57.8 Å². The third-order valence-corrected chi connectivity index (χ3v) is 13.2. The van der Waals surface area contributed by atoms with E-state index in [1.54, 1.807) is 0 Å². The van der Waals surface area contributed by atoms with Gasteiger partial charge in [-0.25, -0.2) is 0 Å². The first-order valence-corrected chi connectivity index (χ1v) is 26.9. The van der Waals surface area contributed by atoms with Gasteiger partial charge in [-0.1, -0.05) is 271 Å². The van der Waals surface area contributed by atoms with Gasteiger partial charge in [0.2, 0.25) is 0 Å². The molecule has 6 heteroatoms. The lowest BCUT2D eigenvalue weighted by molar-refractivity contribution is -0.181. The van der Waals surface area contributed by atoms with Crippen LogP contribution in [0.25, 0.3) is 0 Å². The molecule has 0 rings (SSSR count). The van der Waals surface area contributed by atoms with Crippen LogP contribution in [0.2, 0.25) is 0 Å². The van der Waals surface area contributed by atoms with Crippen LogP contribution in [0, 0.1) is 0 Å². The van der Waals surface area contributed by atoms with Crippen molar-refractivity contribution < 1.29 is 29.7 Å². The molecule has 0 amide bonds. The lowest BCUT2D eigenvalue weighted by Gasteiger charge is -2.34. The number of ketones is 3. The maximum Gasteiger partial charge on any atom is 0.189 e. The Balaban J connectivity index is 4.75. The molecule has 0 spiro atoms. The maximum absolute atomic E-state index is 13.6. The van der Waals surface area contributed by atoms with Crippen LogP contribution in [0.15, 0.2) is 0 Å². The molecule has 0 aromatic rings. The summed E-state index contributed by atoms with van der Waals surface area (Å²) in [4.78, 5) is 40.1. The third-order valence-electron chi connectivity index (χ3n) is 13.2. The molecule has 0 aromatic heterocycles. The third kappa shape index (κ3) is 33.4. The number of unbranched alkanes of at least 4 members (excludes halogenated alkanes) is 39. The van der Waals surface area contributed by atoms with Gasteiger partial charge in [0.15, 0.2) is 35.2 Å². The van der Waals surface area contributed by atoms with Gasteiger partial charge in [-0.3, -0.25) is 14.4 Å². The normalized spacial score (nSPS) is 13.7. The number of carbonyl (C=O) groups excluding carboxylic acids is 3. The summed E-state index contributed by atoms with van der Waals surface area (Å²) in [5.74, 6) is -2.10. The van der Waals surface area contributed by atoms with Crippen molar-refractivity contribution in [2.75, 3.05) is 0 Å². The molecule has 0 aliphatic heterocycles. The Labute approximate surface area is 373 Å². The highest BCUT2D eigenvalue weighted by Crippen LogP contribution is 2.26. The molecule has 356 valence electrons. The van der Waals surface area contributed by atoms with Gasteiger partial charge in [-0.2, -0.15) is 0 Å². The van der Waals surface area contributed by atoms with E-state index in [0.29, 0.717) is 19.3 Å². The number of Topliss-reactive ketones (excluding diaryl/α,β-unsaturated/α-hetero) is 3. The van der Waals surface area contributed by atoms with Crippen LogP contribution in [0.4, 0.5) is 0 Å². The number of aliphatic hydroxyl groups excluding tert-OH is 2. The van der Waals surface area contributed by atoms with Crippen molar-refractivity contribution in [3.05, 3.63) is 0 Å². The lowest BCUT2D eigenvalue weighted by atomic mass is 9.78. The van der Waals surface area contributed by atoms with Gasteiger partial charge in [-0.05, 0) is 19.3 Å². The first kappa shape index (κ1) is 58.9. The van der Waals surface area contributed by atoms with Crippen LogP contribution in [-0.2, 0) is 14.4 Å². The highest BCUT2D eigenvalue weighted by Gasteiger charge is 2.53. The Bertz CT molecular complexity index is 898. The molecule has 0 aliphatic carbocycles. The summed E-state index contributed by atoms with van der Waals surface area (Å²) in [5.41, 5.74) is -2.79. The van der Waals surface area contributed by atoms with Gasteiger partial charge in [0.25, 0.3) is 0 Å². The molecule has 2 atom stereocenters. The van der Waals surface area contributed by atoms with Gasteiger partial charge >= 0.3 is 0 Å². The number of rotatable bonds is 50. The summed E-state index contributed by atoms with van der Waals surface area (Å²) in [7, 11) is 0. The summed E-state index contributed by atoms with van der Waals surface area (Å²) >= 11 is 0. The van der Waals surface area contributed by atoms with E-state index in [1.807, 2.05) is 0 Å². The molecular formula is C54H104O6. The van der Waals surface area contributed by atoms with Crippen LogP contribution < -0.4 is 0 Å². The van der Waals surface area contributed by atoms with E-state index in [2.05, 4.69) is 20.8 Å². The molecule has 3 N–H and O–H groups in total. The van der Waals surface area contributed by atoms with Crippen molar-refractivity contribution in [3.8, 4) is 0 Å². The Hall–Kier alpha value is -1.11. The summed E-state index contributed by atoms with van der Waals surface area (Å²) in [6.07, 6.45) is 45.3. The first-order valence-electron chi connectivity index (χ1n) is 26.9. The van der Waals surface area contributed by atoms with Crippen LogP contribution in [0.3, 0.4) is 0 Å². The van der Waals surface area contributed by atoms with E-state index in [-0.39, 0.29) is 19.3 Å². The predicted octanol–water partition coefficient (Wildman–Crippen LogP) is 15.8. The second-order valence-corrected chi connectivity index (χ2v) is 19.0. The van der Waals surface area contributed by atoms with E-state index in [4.69, 9.17) is 0 Å². The zero-order valence-electron chi connectivity index (χ0n) is 40.5. The average molecular weight is 849 g/mol. The maximum atomic E-state index is 13.6. The summed E-state index contributed by atoms with van der Waals surface area (Å²) in [6.45, 7) is 6.76. The molecule has 0 radical (unpaired) electrons. The van der Waals surface area contributed by atoms with Crippen molar-refractivity contribution in [3.63, 3.8) is 0 Å². The fourth-order valence-electron chi connectivity index (χ4n) is 8.89. The monoisotopic (exact) mass is 849 g/mol. The van der Waals surface area contributed by atoms with Crippen molar-refractivity contribution in [2.24, 2.45) is 0 Å². The summed E-state index contributed by atoms with van der Waals surface area (Å²) in [6, 6.07) is 0. The smallest absolute Gasteiger partial charge is 0.189 e. The molecule has 0 aliphatic rings. The number of carbonyl (C=O) groups is 3. The zero-order valence-corrected chi connectivity index (χ0v) is 40.5. The summed E-state index contributed by atoms with van der Waals surface area (Å²) < 4.78 is 0. The van der Waals surface area contributed by atoms with Crippen LogP contribution in [0.5, 0.6) is 0 Å². The SMILES string of the molecule is CCCCCCCCCCCCCCCCC(=O)C(O)C(O)(C(=O)CCCCCCCCCCCCCCCC)C(O)C(=O)CCCCCCCCCCCCCCCC. The minimum Gasteiger partial charge on any atom is -0.382 e. The largest absolute Gasteiger partial charge is 0.382 e. The van der Waals surface area contributed by atoms with Crippen molar-refractivity contribution >= 4 is 17.3 Å². The Morgan fingerprint density at radius 1 is 0.300 bits per heavy atom. The van der Waals surface area contributed by atoms with Gasteiger partial charge in [0.05, 0.1) is 0 Å². The average Bonchev–Trinajstić information content (AvgIpc) is 3.25. The van der Waals surface area contributed by atoms with Crippen molar-refractivity contribution in [1.82, 2.24) is 0 Å². The quantitative estimate of drug-likeness (QED) is 0.0526. The Kier molecular flexibility index (Phi) is 43.7. The molecule has 0 bridgehead atoms. The van der Waals surface area contributed by atoms with E-state index >= 15 is 0 Å². The minimum atomic E-state index is -2.79. The lowest BCUT2D eigenvalue weighted by Crippen LogP contribution is -2.63. The molecule has 0 aromatic carbocycles. The first-order chi connectivity index (χ1) is 29.3. The van der Waals surface area contributed by atoms with Crippen LogP contribution in [0.1, 0.15) is 310 Å². The topological polar surface area (TPSA) is 112 Å². The Morgan fingerprint density at radius 2 is 0.467 bits per heavy atom. The molecule has 0 heterocycles. The molecule has 0 saturated heterocycles. The molecule has 60 heavy (non-hydrogen) atoms. The molecule has 0 saturated carbocycles. The Morgan fingerprint density at radius 3 is 0.667 bits per heavy atom. The molecule has 2 unspecified atom stereocenters. The van der Waals surface area contributed by atoms with Crippen LogP contribution in [-0.4, -0.2) is 50.5 Å². The number of hydrogen-bond acceptors (Lipinski definition) is 6. The fraction of sp³-hybridized carbons (Fsp3) is 0.944. The van der Waals surface area contributed by atoms with Crippen molar-refractivity contribution in [2.45, 2.75) is 328 Å². The molecular weight excluding hydrogens is 745 g/mol. The molecule has 0 fully saturated rings. The zero-order chi connectivity index (χ0) is 44.2. The van der Waals surface area contributed by atoms with E-state index < -0.39 is 35.2 Å². The van der Waals surface area contributed by atoms with Gasteiger partial charge in [0, 0.05) is 19.3 Å². The standard InChI is InChI=1S/C54H104O6/c1-4-7-10-13-16-19-22-25-28-31-34-37-40-43-46-49(55)52(58)54(60,51(57)48-45-42-39-36-33-30-27-24-21-18-15-12-9-6-3)53(59)50(56)47-44-41-38-35-32-29-26-23-20-17-14-11-8-5-2/h52-53,58-60H,4-48H2,1-3H3. The van der Waals surface area contributed by atoms with Crippen molar-refractivity contribution in [1.29, 1.82) is 0 Å². The van der Waals surface area contributed by atoms with Crippen LogP contribution >= 0.6 is 0 Å². The van der Waals surface area contributed by atoms with Gasteiger partial charge < -0.3 is 15.3 Å². The predicted molar refractivity (Wildman–Crippen MR) is 257 cm³/mol. The minimum absolute atomic E-state index is 0.0213. The van der Waals surface area contributed by atoms with E-state index in [9.17, 15) is 29.7 Å². The second-order valence-electron chi connectivity index (χ2n) is 19.0. The highest BCUT2D eigenvalue weighted by molar-refractivity contribution is 6.01. The highest BCUT2D eigenvalue weighted by atomic mass is 16.4. The number of hydrogen-bond donors (Lipinski definition) is 3. The molecule has 6 nitrogen and oxygen atoms in total. The van der Waals surface area contributed by atoms with Gasteiger partial charge in [-0.15, -0.1) is 0 Å². The fourth-order valence-corrected chi connectivity index (χ4v) is 8.89.